The Morgan fingerprint density at radius 1 is 0.617 bits per heavy atom. The van der Waals surface area contributed by atoms with Gasteiger partial charge in [0, 0.05) is 54.9 Å². The van der Waals surface area contributed by atoms with Crippen LogP contribution in [0.4, 0.5) is 11.4 Å². The van der Waals surface area contributed by atoms with E-state index in [4.69, 9.17) is 5.11 Å². The second-order valence-electron chi connectivity index (χ2n) is 13.7. The summed E-state index contributed by atoms with van der Waals surface area (Å²) in [6, 6.07) is 7.50. The first-order valence-corrected chi connectivity index (χ1v) is 26.0. The number of carboxylic acids is 1. The normalized spacial score (nSPS) is 13.9. The van der Waals surface area contributed by atoms with E-state index in [1.165, 1.54) is 55.5 Å². The molecule has 0 radical (unpaired) electrons. The van der Waals surface area contributed by atoms with Gasteiger partial charge in [0.15, 0.2) is 5.71 Å². The van der Waals surface area contributed by atoms with Crippen LogP contribution in [0.15, 0.2) is 82.3 Å². The predicted octanol–water partition coefficient (Wildman–Crippen LogP) is 4.64. The molecule has 2 rings (SSSR count). The van der Waals surface area contributed by atoms with Gasteiger partial charge in [-0.05, 0) is 87.9 Å². The second kappa shape index (κ2) is 22.8. The van der Waals surface area contributed by atoms with Gasteiger partial charge in [-0.25, -0.2) is 0 Å². The van der Waals surface area contributed by atoms with E-state index in [1.807, 2.05) is 0 Å². The second-order valence-corrected chi connectivity index (χ2v) is 21.2. The molecule has 19 nitrogen and oxygen atoms in total. The zero-order valence-corrected chi connectivity index (χ0v) is 36.9. The number of hydrogen-bond donors (Lipinski definition) is 6. The summed E-state index contributed by atoms with van der Waals surface area (Å²) in [5.74, 6) is -2.88. The summed E-state index contributed by atoms with van der Waals surface area (Å²) in [5, 5.41) is 9.06. The Labute approximate surface area is 351 Å². The molecule has 24 heteroatoms. The van der Waals surface area contributed by atoms with Crippen molar-refractivity contribution in [2.75, 3.05) is 35.2 Å². The minimum atomic E-state index is -4.60. The van der Waals surface area contributed by atoms with Gasteiger partial charge in [-0.3, -0.25) is 27.6 Å². The zero-order valence-electron chi connectivity index (χ0n) is 32.9. The van der Waals surface area contributed by atoms with Crippen LogP contribution in [0.3, 0.4) is 0 Å². The summed E-state index contributed by atoms with van der Waals surface area (Å²) < 4.78 is 166. The van der Waals surface area contributed by atoms with Gasteiger partial charge >= 0.3 is 5.97 Å². The number of allylic oxidation sites excluding steroid dienone is 6. The van der Waals surface area contributed by atoms with Crippen LogP contribution >= 0.6 is 0 Å². The van der Waals surface area contributed by atoms with E-state index >= 15 is 0 Å². The molecule has 0 aromatic heterocycles. The van der Waals surface area contributed by atoms with Gasteiger partial charge in [0.2, 0.25) is 5.69 Å². The number of benzene rings is 2. The lowest BCUT2D eigenvalue weighted by atomic mass is 10.1. The van der Waals surface area contributed by atoms with Crippen molar-refractivity contribution in [3.05, 3.63) is 83.6 Å². The number of carboxylic acid groups (broad SMARTS) is 1. The van der Waals surface area contributed by atoms with E-state index in [-0.39, 0.29) is 56.5 Å². The standard InChI is InChI=1S/C36H50N2O17S5/c1-28-26-32(59(50,51)52)17-19-34(28)37(21-8-4-7-16-36(39)40)30(14-9-23-56(41,42)43)12-5-3-6-13-31(15-10-24-57(44,45)46)38(22-11-25-58(47,48)49)35-20-18-33(27-29(35)2)60(53,54)55/h3,5-6,12-13,17-20,26-27H,4,7-11,14-16,21-25H2,1-2H3,(H5-,39,40,41,42,43,44,45,46,47,48,49,50,51,52,53,54,55)/p+1. The fraction of sp³-hybridized carbons (Fsp3) is 0.444. The maximum atomic E-state index is 11.8. The molecule has 0 fully saturated rings. The first kappa shape index (κ1) is 52.3. The van der Waals surface area contributed by atoms with Crippen LogP contribution in [0.1, 0.15) is 68.9 Å². The smallest absolute Gasteiger partial charge is 0.303 e. The Hall–Kier alpha value is -3.85. The molecular formula is C36H51N2O17S5+. The Balaban J connectivity index is 2.76. The molecule has 0 aliphatic heterocycles. The molecule has 336 valence electrons. The fourth-order valence-corrected chi connectivity index (χ4v) is 8.68. The third-order valence-electron chi connectivity index (χ3n) is 8.73. The van der Waals surface area contributed by atoms with Crippen LogP contribution in [-0.4, -0.2) is 117 Å². The van der Waals surface area contributed by atoms with Crippen molar-refractivity contribution < 1.29 is 79.3 Å². The molecule has 0 aliphatic carbocycles. The SMILES string of the molecule is Cc1cc(S(=O)(=O)O)ccc1N(CCCCCC(=O)O)/C(=C/C=C/C=C/C(CCCS(=O)(=O)O)=[N+](\CCCS(=O)(=O)O)c1ccc(S(=O)(=O)O)cc1C)CCCS(=O)(=O)O. The minimum absolute atomic E-state index is 0.0271. The van der Waals surface area contributed by atoms with Gasteiger partial charge in [-0.2, -0.15) is 46.7 Å². The lowest BCUT2D eigenvalue weighted by molar-refractivity contribution is -0.441. The van der Waals surface area contributed by atoms with Crippen LogP contribution in [0.25, 0.3) is 0 Å². The van der Waals surface area contributed by atoms with E-state index in [2.05, 4.69) is 0 Å². The largest absolute Gasteiger partial charge is 0.481 e. The van der Waals surface area contributed by atoms with Gasteiger partial charge < -0.3 is 10.0 Å². The number of anilines is 1. The number of hydrogen-bond acceptors (Lipinski definition) is 12. The average molecular weight is 944 g/mol. The topological polar surface area (TPSA) is 315 Å². The van der Waals surface area contributed by atoms with Crippen LogP contribution in [0, 0.1) is 13.8 Å². The molecule has 0 spiro atoms. The highest BCUT2D eigenvalue weighted by molar-refractivity contribution is 7.86. The Morgan fingerprint density at radius 3 is 1.67 bits per heavy atom. The van der Waals surface area contributed by atoms with E-state index in [0.29, 0.717) is 53.2 Å². The van der Waals surface area contributed by atoms with Gasteiger partial charge in [-0.1, -0.05) is 24.6 Å². The highest BCUT2D eigenvalue weighted by atomic mass is 32.2. The number of carbonyl (C=O) groups is 1. The summed E-state index contributed by atoms with van der Waals surface area (Å²) in [4.78, 5) is 12.0. The van der Waals surface area contributed by atoms with Crippen molar-refractivity contribution in [3.63, 3.8) is 0 Å². The molecule has 0 saturated carbocycles. The molecule has 0 atom stereocenters. The van der Waals surface area contributed by atoms with Crippen LogP contribution < -0.4 is 4.90 Å². The first-order chi connectivity index (χ1) is 27.6. The predicted molar refractivity (Wildman–Crippen MR) is 224 cm³/mol. The molecule has 0 saturated heterocycles. The number of aryl methyl sites for hydroxylation is 2. The van der Waals surface area contributed by atoms with Gasteiger partial charge in [0.05, 0.1) is 27.0 Å². The molecule has 0 amide bonds. The molecule has 60 heavy (non-hydrogen) atoms. The van der Waals surface area contributed by atoms with Crippen LogP contribution in [-0.2, 0) is 55.4 Å². The van der Waals surface area contributed by atoms with E-state index < -0.39 is 78.7 Å². The molecule has 0 aliphatic rings. The summed E-state index contributed by atoms with van der Waals surface area (Å²) >= 11 is 0. The number of aliphatic carboxylic acids is 1. The van der Waals surface area contributed by atoms with Crippen LogP contribution in [0.5, 0.6) is 0 Å². The average Bonchev–Trinajstić information content (AvgIpc) is 3.08. The summed E-state index contributed by atoms with van der Waals surface area (Å²) in [6.45, 7) is 3.28. The third-order valence-corrected chi connectivity index (χ3v) is 12.8. The zero-order chi connectivity index (χ0) is 45.5. The van der Waals surface area contributed by atoms with E-state index in [1.54, 1.807) is 28.6 Å². The summed E-state index contributed by atoms with van der Waals surface area (Å²) in [7, 11) is -22.3. The maximum Gasteiger partial charge on any atom is 0.303 e. The van der Waals surface area contributed by atoms with Crippen molar-refractivity contribution in [3.8, 4) is 0 Å². The van der Waals surface area contributed by atoms with Crippen molar-refractivity contribution >= 4 is 73.6 Å². The Morgan fingerprint density at radius 2 is 1.15 bits per heavy atom. The molecular weight excluding hydrogens is 893 g/mol. The maximum absolute atomic E-state index is 11.8. The first-order valence-electron chi connectivity index (χ1n) is 18.3. The fourth-order valence-electron chi connectivity index (χ4n) is 6.03. The molecule has 2 aromatic carbocycles. The van der Waals surface area contributed by atoms with Gasteiger partial charge in [-0.15, -0.1) is 0 Å². The Kier molecular flexibility index (Phi) is 19.9. The molecule has 2 aromatic rings. The lowest BCUT2D eigenvalue weighted by Crippen LogP contribution is -2.25. The highest BCUT2D eigenvalue weighted by Crippen LogP contribution is 2.29. The van der Waals surface area contributed by atoms with Crippen molar-refractivity contribution in [1.82, 2.24) is 0 Å². The molecule has 6 N–H and O–H groups in total. The minimum Gasteiger partial charge on any atom is -0.481 e. The van der Waals surface area contributed by atoms with Crippen molar-refractivity contribution in [1.29, 1.82) is 0 Å². The van der Waals surface area contributed by atoms with Crippen molar-refractivity contribution in [2.24, 2.45) is 0 Å². The third kappa shape index (κ3) is 20.1. The lowest BCUT2D eigenvalue weighted by Gasteiger charge is -2.29. The van der Waals surface area contributed by atoms with Gasteiger partial charge in [0.1, 0.15) is 6.54 Å². The number of unbranched alkanes of at least 4 members (excludes halogenated alkanes) is 2. The molecule has 0 unspecified atom stereocenters. The molecule has 0 bridgehead atoms. The van der Waals surface area contributed by atoms with Gasteiger partial charge in [0.25, 0.3) is 50.6 Å². The quantitative estimate of drug-likeness (QED) is 0.0246. The highest BCUT2D eigenvalue weighted by Gasteiger charge is 2.23. The number of nitrogens with zero attached hydrogens (tertiary/aromatic N) is 2. The van der Waals surface area contributed by atoms with Crippen LogP contribution in [0.2, 0.25) is 0 Å². The van der Waals surface area contributed by atoms with Crippen molar-refractivity contribution in [2.45, 2.75) is 81.4 Å². The summed E-state index contributed by atoms with van der Waals surface area (Å²) in [5.41, 5.74) is 2.39. The van der Waals surface area contributed by atoms with E-state index in [9.17, 15) is 69.6 Å². The monoisotopic (exact) mass is 943 g/mol. The molecule has 0 heterocycles. The van der Waals surface area contributed by atoms with E-state index in [0.717, 1.165) is 6.07 Å². The number of rotatable bonds is 26. The summed E-state index contributed by atoms with van der Waals surface area (Å²) in [6.07, 6.45) is 8.71. The Bertz CT molecular complexity index is 2530.